The maximum absolute atomic E-state index is 5.30. The first-order chi connectivity index (χ1) is 9.35. The van der Waals surface area contributed by atoms with E-state index < -0.39 is 0 Å². The molecule has 1 aliphatic rings. The Hall–Kier alpha value is -0.810. The van der Waals surface area contributed by atoms with E-state index in [-0.39, 0.29) is 6.04 Å². The van der Waals surface area contributed by atoms with Crippen molar-refractivity contribution >= 4 is 11.8 Å². The molecule has 1 unspecified atom stereocenters. The lowest BCUT2D eigenvalue weighted by atomic mass is 10.0. The van der Waals surface area contributed by atoms with E-state index >= 15 is 0 Å². The Bertz CT molecular complexity index is 383. The van der Waals surface area contributed by atoms with Crippen molar-refractivity contribution in [3.8, 4) is 5.88 Å². The second-order valence-corrected chi connectivity index (χ2v) is 6.22. The van der Waals surface area contributed by atoms with Crippen LogP contribution in [-0.4, -0.2) is 35.1 Å². The minimum atomic E-state index is 0.204. The van der Waals surface area contributed by atoms with Gasteiger partial charge in [-0.05, 0) is 19.9 Å². The molecule has 5 heteroatoms. The summed E-state index contributed by atoms with van der Waals surface area (Å²) in [5.41, 5.74) is 0.913. The van der Waals surface area contributed by atoms with Crippen LogP contribution in [0.4, 0.5) is 0 Å². The number of thioether (sulfide) groups is 1. The van der Waals surface area contributed by atoms with Gasteiger partial charge >= 0.3 is 0 Å². The van der Waals surface area contributed by atoms with Crippen molar-refractivity contribution in [1.29, 1.82) is 0 Å². The normalized spacial score (nSPS) is 18.2. The molecule has 1 saturated carbocycles. The van der Waals surface area contributed by atoms with Crippen LogP contribution in [0.2, 0.25) is 0 Å². The predicted molar refractivity (Wildman–Crippen MR) is 79.7 cm³/mol. The smallest absolute Gasteiger partial charge is 0.237 e. The summed E-state index contributed by atoms with van der Waals surface area (Å²) < 4.78 is 5.30. The van der Waals surface area contributed by atoms with Crippen molar-refractivity contribution in [2.24, 2.45) is 0 Å². The molecule has 19 heavy (non-hydrogen) atoms. The number of nitrogens with one attached hydrogen (secondary N) is 1. The van der Waals surface area contributed by atoms with E-state index in [2.05, 4.69) is 27.0 Å². The quantitative estimate of drug-likeness (QED) is 0.869. The molecule has 1 aromatic heterocycles. The van der Waals surface area contributed by atoms with E-state index in [0.29, 0.717) is 5.88 Å². The molecule has 1 aliphatic carbocycles. The van der Waals surface area contributed by atoms with E-state index in [9.17, 15) is 0 Å². The zero-order valence-corrected chi connectivity index (χ0v) is 12.6. The van der Waals surface area contributed by atoms with Gasteiger partial charge in [0.25, 0.3) is 0 Å². The van der Waals surface area contributed by atoms with Gasteiger partial charge in [-0.25, -0.2) is 4.98 Å². The fourth-order valence-corrected chi connectivity index (χ4v) is 3.95. The van der Waals surface area contributed by atoms with Gasteiger partial charge in [0.15, 0.2) is 0 Å². The highest BCUT2D eigenvalue weighted by Crippen LogP contribution is 2.31. The second kappa shape index (κ2) is 7.70. The third kappa shape index (κ3) is 4.08. The molecule has 0 aromatic carbocycles. The summed E-state index contributed by atoms with van der Waals surface area (Å²) in [4.78, 5) is 8.65. The van der Waals surface area contributed by atoms with Crippen LogP contribution in [0.3, 0.4) is 0 Å². The zero-order valence-electron chi connectivity index (χ0n) is 11.8. The molecule has 1 fully saturated rings. The summed E-state index contributed by atoms with van der Waals surface area (Å²) in [6, 6.07) is 0.204. The Labute approximate surface area is 119 Å². The Morgan fingerprint density at radius 1 is 1.32 bits per heavy atom. The van der Waals surface area contributed by atoms with Gasteiger partial charge in [0.2, 0.25) is 5.88 Å². The molecule has 0 aliphatic heterocycles. The maximum Gasteiger partial charge on any atom is 0.237 e. The van der Waals surface area contributed by atoms with Gasteiger partial charge in [0.1, 0.15) is 5.69 Å². The first kappa shape index (κ1) is 14.6. The second-order valence-electron chi connectivity index (χ2n) is 4.89. The number of aromatic nitrogens is 2. The Kier molecular flexibility index (Phi) is 5.92. The van der Waals surface area contributed by atoms with Gasteiger partial charge in [-0.2, -0.15) is 11.8 Å². The molecule has 106 valence electrons. The van der Waals surface area contributed by atoms with Gasteiger partial charge in [0, 0.05) is 23.4 Å². The maximum atomic E-state index is 5.30. The topological polar surface area (TPSA) is 47.0 Å². The molecule has 0 radical (unpaired) electrons. The van der Waals surface area contributed by atoms with Gasteiger partial charge in [0.05, 0.1) is 13.2 Å². The number of ether oxygens (including phenoxy) is 1. The number of rotatable bonds is 6. The fourth-order valence-electron chi connectivity index (χ4n) is 2.50. The molecule has 1 N–H and O–H groups in total. The summed E-state index contributed by atoms with van der Waals surface area (Å²) in [7, 11) is 3.62. The molecule has 2 rings (SSSR count). The molecule has 0 bridgehead atoms. The van der Waals surface area contributed by atoms with Gasteiger partial charge in [-0.15, -0.1) is 0 Å². The van der Waals surface area contributed by atoms with Crippen LogP contribution in [0, 0.1) is 0 Å². The van der Waals surface area contributed by atoms with E-state index in [1.165, 1.54) is 32.1 Å². The van der Waals surface area contributed by atoms with Crippen molar-refractivity contribution in [3.63, 3.8) is 0 Å². The number of hydrogen-bond donors (Lipinski definition) is 1. The van der Waals surface area contributed by atoms with Crippen molar-refractivity contribution in [1.82, 2.24) is 15.3 Å². The lowest BCUT2D eigenvalue weighted by Gasteiger charge is -2.24. The highest BCUT2D eigenvalue weighted by Gasteiger charge is 2.20. The van der Waals surface area contributed by atoms with Crippen LogP contribution in [0.15, 0.2) is 12.4 Å². The van der Waals surface area contributed by atoms with Crippen LogP contribution < -0.4 is 10.1 Å². The monoisotopic (exact) mass is 281 g/mol. The minimum Gasteiger partial charge on any atom is -0.480 e. The summed E-state index contributed by atoms with van der Waals surface area (Å²) in [5, 5.41) is 4.14. The van der Waals surface area contributed by atoms with Gasteiger partial charge in [-0.3, -0.25) is 4.98 Å². The average Bonchev–Trinajstić information content (AvgIpc) is 2.49. The van der Waals surface area contributed by atoms with Crippen LogP contribution in [0.5, 0.6) is 5.88 Å². The highest BCUT2D eigenvalue weighted by atomic mass is 32.2. The molecule has 1 atom stereocenters. The fraction of sp³-hybridized carbons (Fsp3) is 0.714. The van der Waals surface area contributed by atoms with E-state index in [4.69, 9.17) is 4.74 Å². The van der Waals surface area contributed by atoms with Crippen LogP contribution in [-0.2, 0) is 0 Å². The molecule has 1 heterocycles. The summed E-state index contributed by atoms with van der Waals surface area (Å²) >= 11 is 2.06. The first-order valence-electron chi connectivity index (χ1n) is 6.99. The number of nitrogens with zero attached hydrogens (tertiary/aromatic N) is 2. The molecular formula is C14H23N3OS. The third-order valence-electron chi connectivity index (χ3n) is 3.61. The van der Waals surface area contributed by atoms with Crippen molar-refractivity contribution in [2.45, 2.75) is 43.4 Å². The number of methoxy groups -OCH3 is 1. The Morgan fingerprint density at radius 3 is 2.74 bits per heavy atom. The van der Waals surface area contributed by atoms with Crippen LogP contribution in [0.25, 0.3) is 0 Å². The van der Waals surface area contributed by atoms with Gasteiger partial charge < -0.3 is 10.1 Å². The zero-order chi connectivity index (χ0) is 13.5. The van der Waals surface area contributed by atoms with Crippen molar-refractivity contribution in [3.05, 3.63) is 18.1 Å². The standard InChI is InChI=1S/C14H23N3OS/c1-15-12(10-19-11-6-4-3-5-7-11)13-14(18-2)17-9-8-16-13/h8-9,11-12,15H,3-7,10H2,1-2H3. The van der Waals surface area contributed by atoms with Crippen LogP contribution in [0.1, 0.15) is 43.8 Å². The molecular weight excluding hydrogens is 258 g/mol. The third-order valence-corrected chi connectivity index (χ3v) is 5.08. The predicted octanol–water partition coefficient (Wildman–Crippen LogP) is 2.81. The lowest BCUT2D eigenvalue weighted by Crippen LogP contribution is -2.23. The largest absolute Gasteiger partial charge is 0.480 e. The summed E-state index contributed by atoms with van der Waals surface area (Å²) in [6.07, 6.45) is 10.3. The molecule has 0 saturated heterocycles. The molecule has 0 amide bonds. The number of hydrogen-bond acceptors (Lipinski definition) is 5. The van der Waals surface area contributed by atoms with Crippen molar-refractivity contribution < 1.29 is 4.74 Å². The first-order valence-corrected chi connectivity index (χ1v) is 8.03. The SMILES string of the molecule is CNC(CSC1CCCCC1)c1nccnc1OC. The average molecular weight is 281 g/mol. The Balaban J connectivity index is 1.95. The van der Waals surface area contributed by atoms with E-state index in [0.717, 1.165) is 16.7 Å². The van der Waals surface area contributed by atoms with Gasteiger partial charge in [-0.1, -0.05) is 19.3 Å². The van der Waals surface area contributed by atoms with E-state index in [1.807, 2.05) is 7.05 Å². The van der Waals surface area contributed by atoms with Crippen LogP contribution >= 0.6 is 11.8 Å². The molecule has 4 nitrogen and oxygen atoms in total. The lowest BCUT2D eigenvalue weighted by molar-refractivity contribution is 0.382. The highest BCUT2D eigenvalue weighted by molar-refractivity contribution is 7.99. The summed E-state index contributed by atoms with van der Waals surface area (Å²) in [6.45, 7) is 0. The minimum absolute atomic E-state index is 0.204. The summed E-state index contributed by atoms with van der Waals surface area (Å²) in [5.74, 6) is 1.65. The van der Waals surface area contributed by atoms with E-state index in [1.54, 1.807) is 19.5 Å². The Morgan fingerprint density at radius 2 is 2.05 bits per heavy atom. The molecule has 1 aromatic rings. The molecule has 0 spiro atoms. The van der Waals surface area contributed by atoms with Crippen molar-refractivity contribution in [2.75, 3.05) is 19.9 Å².